The van der Waals surface area contributed by atoms with E-state index in [2.05, 4.69) is 15.6 Å². The Morgan fingerprint density at radius 3 is 2.73 bits per heavy atom. The lowest BCUT2D eigenvalue weighted by atomic mass is 10.2. The SMILES string of the molecule is NNC(=O)CCn1c(=O)n2c(NN)nnc2c2ccccc21. The van der Waals surface area contributed by atoms with Gasteiger partial charge < -0.3 is 0 Å². The third kappa shape index (κ3) is 2.06. The van der Waals surface area contributed by atoms with Crippen LogP contribution in [0.3, 0.4) is 0 Å². The van der Waals surface area contributed by atoms with Gasteiger partial charge in [-0.15, -0.1) is 10.2 Å². The summed E-state index contributed by atoms with van der Waals surface area (Å²) in [5.41, 5.74) is 5.03. The zero-order chi connectivity index (χ0) is 15.7. The fourth-order valence-corrected chi connectivity index (χ4v) is 2.36. The number of aryl methyl sites for hydroxylation is 1. The first-order chi connectivity index (χ1) is 10.7. The minimum absolute atomic E-state index is 0.0689. The largest absolute Gasteiger partial charge is 0.337 e. The van der Waals surface area contributed by atoms with Crippen LogP contribution in [-0.2, 0) is 11.3 Å². The Balaban J connectivity index is 2.29. The van der Waals surface area contributed by atoms with Gasteiger partial charge in [0.25, 0.3) is 0 Å². The van der Waals surface area contributed by atoms with Crippen molar-refractivity contribution in [3.63, 3.8) is 0 Å². The zero-order valence-corrected chi connectivity index (χ0v) is 11.5. The standard InChI is InChI=1S/C12H14N8O2/c13-15-9(21)5-6-19-8-4-2-1-3-7(8)10-17-18-11(16-14)20(10)12(19)22/h1-4H,5-6,13-14H2,(H,15,21)(H,16,18). The Bertz CT molecular complexity index is 913. The quantitative estimate of drug-likeness (QED) is 0.266. The van der Waals surface area contributed by atoms with Gasteiger partial charge in [-0.3, -0.25) is 20.2 Å². The molecule has 3 rings (SSSR count). The Labute approximate surface area is 123 Å². The molecule has 2 heterocycles. The fourth-order valence-electron chi connectivity index (χ4n) is 2.36. The molecular formula is C12H14N8O2. The van der Waals surface area contributed by atoms with Gasteiger partial charge >= 0.3 is 5.69 Å². The highest BCUT2D eigenvalue weighted by molar-refractivity contribution is 5.91. The minimum atomic E-state index is -0.392. The Kier molecular flexibility index (Phi) is 3.45. The summed E-state index contributed by atoms with van der Waals surface area (Å²) >= 11 is 0. The number of nitrogens with two attached hydrogens (primary N) is 2. The van der Waals surface area contributed by atoms with Crippen molar-refractivity contribution in [2.24, 2.45) is 11.7 Å². The highest BCUT2D eigenvalue weighted by Gasteiger charge is 2.16. The number of hydrazine groups is 2. The number of rotatable bonds is 4. The predicted molar refractivity (Wildman–Crippen MR) is 79.5 cm³/mol. The number of carbonyl (C=O) groups excluding carboxylic acids is 1. The summed E-state index contributed by atoms with van der Waals surface area (Å²) in [6.07, 6.45) is 0.0689. The van der Waals surface area contributed by atoms with Gasteiger partial charge in [0.1, 0.15) is 0 Å². The Morgan fingerprint density at radius 1 is 1.23 bits per heavy atom. The van der Waals surface area contributed by atoms with Gasteiger partial charge in [0.2, 0.25) is 11.9 Å². The van der Waals surface area contributed by atoms with E-state index in [4.69, 9.17) is 11.7 Å². The van der Waals surface area contributed by atoms with Gasteiger partial charge in [0.05, 0.1) is 5.52 Å². The van der Waals surface area contributed by atoms with E-state index in [1.165, 1.54) is 8.97 Å². The average Bonchev–Trinajstić information content (AvgIpc) is 2.99. The molecule has 1 aromatic carbocycles. The molecule has 22 heavy (non-hydrogen) atoms. The van der Waals surface area contributed by atoms with Crippen LogP contribution in [0.15, 0.2) is 29.1 Å². The van der Waals surface area contributed by atoms with E-state index in [9.17, 15) is 9.59 Å². The molecule has 2 aromatic heterocycles. The number of aromatic nitrogens is 4. The molecule has 1 amide bonds. The molecule has 114 valence electrons. The Hall–Kier alpha value is -2.98. The highest BCUT2D eigenvalue weighted by Crippen LogP contribution is 2.18. The molecule has 10 heteroatoms. The van der Waals surface area contributed by atoms with Gasteiger partial charge in [-0.2, -0.15) is 0 Å². The molecular weight excluding hydrogens is 288 g/mol. The van der Waals surface area contributed by atoms with Crippen LogP contribution < -0.4 is 28.2 Å². The number of amides is 1. The van der Waals surface area contributed by atoms with E-state index in [1.54, 1.807) is 12.1 Å². The summed E-state index contributed by atoms with van der Waals surface area (Å²) in [6, 6.07) is 7.23. The predicted octanol–water partition coefficient (Wildman–Crippen LogP) is -1.29. The molecule has 0 unspecified atom stereocenters. The number of benzene rings is 1. The molecule has 0 saturated carbocycles. The van der Waals surface area contributed by atoms with Crippen molar-refractivity contribution in [2.75, 3.05) is 5.43 Å². The van der Waals surface area contributed by atoms with Crippen molar-refractivity contribution in [3.05, 3.63) is 34.7 Å². The van der Waals surface area contributed by atoms with Crippen molar-refractivity contribution in [1.29, 1.82) is 0 Å². The van der Waals surface area contributed by atoms with Crippen LogP contribution in [0.5, 0.6) is 0 Å². The van der Waals surface area contributed by atoms with E-state index in [0.717, 1.165) is 5.39 Å². The lowest BCUT2D eigenvalue weighted by Gasteiger charge is -2.11. The molecule has 0 atom stereocenters. The molecule has 0 spiro atoms. The van der Waals surface area contributed by atoms with E-state index in [0.29, 0.717) is 11.2 Å². The molecule has 0 radical (unpaired) electrons. The molecule has 0 saturated heterocycles. The molecule has 0 aliphatic heterocycles. The van der Waals surface area contributed by atoms with Crippen LogP contribution in [0.4, 0.5) is 5.95 Å². The minimum Gasteiger partial charge on any atom is -0.294 e. The number of nitrogen functional groups attached to an aromatic ring is 1. The van der Waals surface area contributed by atoms with Crippen LogP contribution in [0.2, 0.25) is 0 Å². The maximum atomic E-state index is 12.7. The second-order valence-corrected chi connectivity index (χ2v) is 4.60. The normalized spacial score (nSPS) is 11.0. The van der Waals surface area contributed by atoms with E-state index in [1.807, 2.05) is 17.6 Å². The number of nitrogens with one attached hydrogen (secondary N) is 2. The average molecular weight is 302 g/mol. The van der Waals surface area contributed by atoms with Crippen LogP contribution in [-0.4, -0.2) is 25.1 Å². The fraction of sp³-hybridized carbons (Fsp3) is 0.167. The van der Waals surface area contributed by atoms with Crippen molar-refractivity contribution in [1.82, 2.24) is 24.6 Å². The maximum absolute atomic E-state index is 12.7. The second-order valence-electron chi connectivity index (χ2n) is 4.60. The summed E-state index contributed by atoms with van der Waals surface area (Å²) in [5, 5.41) is 8.56. The number of hydrogen-bond donors (Lipinski definition) is 4. The topological polar surface area (TPSA) is 145 Å². The molecule has 0 fully saturated rings. The summed E-state index contributed by atoms with van der Waals surface area (Å²) < 4.78 is 2.73. The molecule has 10 nitrogen and oxygen atoms in total. The smallest absolute Gasteiger partial charge is 0.294 e. The number of carbonyl (C=O) groups is 1. The first-order valence-electron chi connectivity index (χ1n) is 6.50. The number of anilines is 1. The van der Waals surface area contributed by atoms with E-state index < -0.39 is 5.69 Å². The first-order valence-corrected chi connectivity index (χ1v) is 6.50. The summed E-state index contributed by atoms with van der Waals surface area (Å²) in [6.45, 7) is 0.167. The van der Waals surface area contributed by atoms with Crippen molar-refractivity contribution >= 4 is 28.4 Å². The molecule has 0 aliphatic rings. The maximum Gasteiger partial charge on any atom is 0.337 e. The van der Waals surface area contributed by atoms with E-state index in [-0.39, 0.29) is 24.8 Å². The van der Waals surface area contributed by atoms with Crippen molar-refractivity contribution < 1.29 is 4.79 Å². The summed E-state index contributed by atoms with van der Waals surface area (Å²) in [5.74, 6) is 10.2. The van der Waals surface area contributed by atoms with Crippen LogP contribution >= 0.6 is 0 Å². The molecule has 3 aromatic rings. The van der Waals surface area contributed by atoms with Gasteiger partial charge in [0, 0.05) is 18.4 Å². The first kappa shape index (κ1) is 14.0. The zero-order valence-electron chi connectivity index (χ0n) is 11.5. The van der Waals surface area contributed by atoms with Gasteiger partial charge in [0.15, 0.2) is 5.65 Å². The van der Waals surface area contributed by atoms with Gasteiger partial charge in [-0.25, -0.2) is 20.9 Å². The monoisotopic (exact) mass is 302 g/mol. The van der Waals surface area contributed by atoms with Crippen LogP contribution in [0.25, 0.3) is 16.6 Å². The lowest BCUT2D eigenvalue weighted by Crippen LogP contribution is -2.34. The van der Waals surface area contributed by atoms with Crippen molar-refractivity contribution in [3.8, 4) is 0 Å². The number of para-hydroxylation sites is 1. The third-order valence-corrected chi connectivity index (χ3v) is 3.37. The van der Waals surface area contributed by atoms with Crippen LogP contribution in [0, 0.1) is 0 Å². The van der Waals surface area contributed by atoms with E-state index >= 15 is 0 Å². The molecule has 6 N–H and O–H groups in total. The lowest BCUT2D eigenvalue weighted by molar-refractivity contribution is -0.121. The van der Waals surface area contributed by atoms with Gasteiger partial charge in [-0.05, 0) is 12.1 Å². The molecule has 0 bridgehead atoms. The highest BCUT2D eigenvalue weighted by atomic mass is 16.2. The number of fused-ring (bicyclic) bond motifs is 3. The third-order valence-electron chi connectivity index (χ3n) is 3.37. The number of nitrogens with zero attached hydrogens (tertiary/aromatic N) is 4. The summed E-state index contributed by atoms with van der Waals surface area (Å²) in [4.78, 5) is 24.0. The second kappa shape index (κ2) is 5.42. The Morgan fingerprint density at radius 2 is 2.00 bits per heavy atom. The van der Waals surface area contributed by atoms with Crippen molar-refractivity contribution in [2.45, 2.75) is 13.0 Å². The molecule has 0 aliphatic carbocycles. The number of hydrogen-bond acceptors (Lipinski definition) is 7. The van der Waals surface area contributed by atoms with Crippen LogP contribution in [0.1, 0.15) is 6.42 Å². The summed E-state index contributed by atoms with van der Waals surface area (Å²) in [7, 11) is 0. The van der Waals surface area contributed by atoms with Gasteiger partial charge in [-0.1, -0.05) is 12.1 Å².